The minimum atomic E-state index is -1.02. The summed E-state index contributed by atoms with van der Waals surface area (Å²) in [4.78, 5) is 37.1. The first kappa shape index (κ1) is 21.4. The molecule has 12 nitrogen and oxygen atoms in total. The van der Waals surface area contributed by atoms with Crippen molar-refractivity contribution in [3.8, 4) is 22.8 Å². The number of likely N-dealkylation sites (tertiary alicyclic amines) is 1. The highest BCUT2D eigenvalue weighted by Gasteiger charge is 2.33. The van der Waals surface area contributed by atoms with Gasteiger partial charge in [-0.1, -0.05) is 30.3 Å². The van der Waals surface area contributed by atoms with Crippen LogP contribution in [0, 0.1) is 0 Å². The number of hydrogen-bond acceptors (Lipinski definition) is 8. The molecule has 0 bridgehead atoms. The van der Waals surface area contributed by atoms with E-state index in [0.29, 0.717) is 47.6 Å². The molecule has 174 valence electrons. The van der Waals surface area contributed by atoms with E-state index in [1.54, 1.807) is 16.5 Å². The van der Waals surface area contributed by atoms with Gasteiger partial charge in [-0.15, -0.1) is 0 Å². The van der Waals surface area contributed by atoms with Crippen LogP contribution in [-0.4, -0.2) is 77.9 Å². The van der Waals surface area contributed by atoms with Crippen LogP contribution in [0.1, 0.15) is 16.8 Å². The number of fused-ring (bicyclic) bond motifs is 1. The van der Waals surface area contributed by atoms with Gasteiger partial charge in [-0.2, -0.15) is 0 Å². The van der Waals surface area contributed by atoms with Crippen LogP contribution >= 0.6 is 0 Å². The van der Waals surface area contributed by atoms with E-state index in [0.717, 1.165) is 5.56 Å². The topological polar surface area (TPSA) is 157 Å². The predicted octanol–water partition coefficient (Wildman–Crippen LogP) is 2.09. The zero-order valence-corrected chi connectivity index (χ0v) is 18.5. The Morgan fingerprint density at radius 3 is 2.65 bits per heavy atom. The number of carbonyl (C=O) groups excluding carboxylic acids is 1. The molecule has 1 fully saturated rings. The maximum Gasteiger partial charge on any atom is 0.407 e. The van der Waals surface area contributed by atoms with Crippen LogP contribution in [0.2, 0.25) is 0 Å². The molecule has 1 aliphatic rings. The number of rotatable bonds is 4. The summed E-state index contributed by atoms with van der Waals surface area (Å²) in [7, 11) is 3.27. The van der Waals surface area contributed by atoms with Crippen LogP contribution < -0.4 is 5.73 Å². The van der Waals surface area contributed by atoms with Crippen molar-refractivity contribution in [2.45, 2.75) is 12.5 Å². The molecule has 0 radical (unpaired) electrons. The van der Waals surface area contributed by atoms with Gasteiger partial charge in [0.2, 0.25) is 0 Å². The number of benzene rings is 1. The van der Waals surface area contributed by atoms with Crippen molar-refractivity contribution in [1.82, 2.24) is 34.6 Å². The number of nitrogens with two attached hydrogens (primary N) is 1. The zero-order valence-electron chi connectivity index (χ0n) is 18.5. The molecule has 0 aliphatic carbocycles. The number of aryl methyl sites for hydroxylation is 1. The zero-order chi connectivity index (χ0) is 24.0. The number of likely N-dealkylation sites (N-methyl/N-ethyl adjacent to an activating group) is 1. The fourth-order valence-corrected chi connectivity index (χ4v) is 4.32. The second-order valence-corrected chi connectivity index (χ2v) is 8.16. The average Bonchev–Trinajstić information content (AvgIpc) is 3.57. The van der Waals surface area contributed by atoms with Crippen LogP contribution in [0.5, 0.6) is 0 Å². The summed E-state index contributed by atoms with van der Waals surface area (Å²) in [5.74, 6) is 0.219. The first-order valence-corrected chi connectivity index (χ1v) is 10.6. The Hall–Kier alpha value is -4.48. The molecule has 3 aromatic heterocycles. The van der Waals surface area contributed by atoms with E-state index in [1.807, 2.05) is 30.3 Å². The number of nitrogen functional groups attached to an aromatic ring is 1. The summed E-state index contributed by atoms with van der Waals surface area (Å²) in [6, 6.07) is 9.26. The molecule has 12 heteroatoms. The molecule has 1 aromatic carbocycles. The van der Waals surface area contributed by atoms with Crippen molar-refractivity contribution >= 4 is 28.9 Å². The van der Waals surface area contributed by atoms with Crippen molar-refractivity contribution in [1.29, 1.82) is 0 Å². The Bertz CT molecular complexity index is 1400. The maximum atomic E-state index is 13.6. The Kier molecular flexibility index (Phi) is 5.11. The van der Waals surface area contributed by atoms with Gasteiger partial charge in [0.05, 0.1) is 22.8 Å². The molecule has 1 aliphatic heterocycles. The fraction of sp³-hybridized carbons (Fsp3) is 0.273. The Balaban J connectivity index is 1.63. The second-order valence-electron chi connectivity index (χ2n) is 8.16. The second kappa shape index (κ2) is 8.14. The monoisotopic (exact) mass is 462 g/mol. The molecule has 5 rings (SSSR count). The molecule has 4 aromatic rings. The molecule has 3 N–H and O–H groups in total. The number of nitrogens with zero attached hydrogens (tertiary/aromatic N) is 7. The number of hydrogen-bond donors (Lipinski definition) is 2. The lowest BCUT2D eigenvalue weighted by molar-refractivity contribution is 0.0777. The quantitative estimate of drug-likeness (QED) is 0.463. The molecule has 2 amide bonds. The summed E-state index contributed by atoms with van der Waals surface area (Å²) in [6.07, 6.45) is 1.08. The SMILES string of the molecule is CN(C(=O)O)C1CCN(C(=O)c2cnc(-c3ccccc3)c3nc(-c4nonc4N)n(C)c23)C1. The fourth-order valence-electron chi connectivity index (χ4n) is 4.32. The van der Waals surface area contributed by atoms with Crippen molar-refractivity contribution in [3.63, 3.8) is 0 Å². The predicted molar refractivity (Wildman–Crippen MR) is 122 cm³/mol. The van der Waals surface area contributed by atoms with Crippen LogP contribution in [0.3, 0.4) is 0 Å². The van der Waals surface area contributed by atoms with Gasteiger partial charge in [-0.3, -0.25) is 9.78 Å². The lowest BCUT2D eigenvalue weighted by atomic mass is 10.1. The molecular formula is C22H22N8O4. The minimum absolute atomic E-state index is 0.0830. The van der Waals surface area contributed by atoms with Gasteiger partial charge in [-0.05, 0) is 16.7 Å². The summed E-state index contributed by atoms with van der Waals surface area (Å²) in [5.41, 5.74) is 9.05. The highest BCUT2D eigenvalue weighted by molar-refractivity contribution is 6.08. The van der Waals surface area contributed by atoms with Gasteiger partial charge < -0.3 is 25.2 Å². The van der Waals surface area contributed by atoms with Crippen molar-refractivity contribution < 1.29 is 19.3 Å². The van der Waals surface area contributed by atoms with Gasteiger partial charge in [0.1, 0.15) is 5.52 Å². The Labute approximate surface area is 193 Å². The number of imidazole rings is 1. The van der Waals surface area contributed by atoms with E-state index >= 15 is 0 Å². The van der Waals surface area contributed by atoms with E-state index in [1.165, 1.54) is 18.1 Å². The van der Waals surface area contributed by atoms with E-state index < -0.39 is 6.09 Å². The number of amides is 2. The first-order chi connectivity index (χ1) is 16.4. The summed E-state index contributed by atoms with van der Waals surface area (Å²) in [5, 5.41) is 16.8. The first-order valence-electron chi connectivity index (χ1n) is 10.6. The summed E-state index contributed by atoms with van der Waals surface area (Å²) < 4.78 is 6.48. The number of aromatic nitrogens is 5. The highest BCUT2D eigenvalue weighted by atomic mass is 16.6. The van der Waals surface area contributed by atoms with Gasteiger partial charge in [-0.25, -0.2) is 14.4 Å². The third-order valence-corrected chi connectivity index (χ3v) is 6.20. The molecule has 34 heavy (non-hydrogen) atoms. The van der Waals surface area contributed by atoms with Crippen molar-refractivity contribution in [3.05, 3.63) is 42.1 Å². The molecular weight excluding hydrogens is 440 g/mol. The lowest BCUT2D eigenvalue weighted by Crippen LogP contribution is -2.39. The van der Waals surface area contributed by atoms with Crippen LogP contribution in [0.15, 0.2) is 41.2 Å². The number of pyridine rings is 1. The molecule has 0 saturated carbocycles. The Morgan fingerprint density at radius 2 is 1.97 bits per heavy atom. The maximum absolute atomic E-state index is 13.6. The molecule has 0 spiro atoms. The van der Waals surface area contributed by atoms with Gasteiger partial charge in [0.15, 0.2) is 17.3 Å². The number of carboxylic acid groups (broad SMARTS) is 1. The number of carbonyl (C=O) groups is 2. The summed E-state index contributed by atoms with van der Waals surface area (Å²) >= 11 is 0. The van der Waals surface area contributed by atoms with Gasteiger partial charge in [0, 0.05) is 38.9 Å². The van der Waals surface area contributed by atoms with E-state index in [-0.39, 0.29) is 23.5 Å². The van der Waals surface area contributed by atoms with Crippen LogP contribution in [0.25, 0.3) is 33.8 Å². The van der Waals surface area contributed by atoms with Crippen LogP contribution in [-0.2, 0) is 7.05 Å². The van der Waals surface area contributed by atoms with Gasteiger partial charge in [0.25, 0.3) is 5.91 Å². The molecule has 1 atom stereocenters. The normalized spacial score (nSPS) is 15.7. The van der Waals surface area contributed by atoms with Gasteiger partial charge >= 0.3 is 6.09 Å². The van der Waals surface area contributed by atoms with Crippen molar-refractivity contribution in [2.24, 2.45) is 7.05 Å². The molecule has 1 saturated heterocycles. The average molecular weight is 462 g/mol. The number of anilines is 1. The van der Waals surface area contributed by atoms with Crippen LogP contribution in [0.4, 0.5) is 10.6 Å². The lowest BCUT2D eigenvalue weighted by Gasteiger charge is -2.22. The third-order valence-electron chi connectivity index (χ3n) is 6.20. The summed E-state index contributed by atoms with van der Waals surface area (Å²) in [6.45, 7) is 0.738. The third kappa shape index (κ3) is 3.39. The van der Waals surface area contributed by atoms with Crippen molar-refractivity contribution in [2.75, 3.05) is 25.9 Å². The molecule has 1 unspecified atom stereocenters. The minimum Gasteiger partial charge on any atom is -0.465 e. The standard InChI is InChI=1S/C22H22N8O4/c1-28(22(32)33)13-8-9-30(11-13)21(31)14-10-24-15(12-6-4-3-5-7-12)16-18(14)29(2)20(25-16)17-19(23)27-34-26-17/h3-7,10,13H,8-9,11H2,1-2H3,(H2,23,27)(H,32,33). The van der Waals surface area contributed by atoms with E-state index in [9.17, 15) is 14.7 Å². The van der Waals surface area contributed by atoms with E-state index in [4.69, 9.17) is 15.3 Å². The molecule has 4 heterocycles. The van der Waals surface area contributed by atoms with E-state index in [2.05, 4.69) is 15.3 Å². The highest BCUT2D eigenvalue weighted by Crippen LogP contribution is 2.33. The largest absolute Gasteiger partial charge is 0.465 e. The Morgan fingerprint density at radius 1 is 1.21 bits per heavy atom. The smallest absolute Gasteiger partial charge is 0.407 e.